The van der Waals surface area contributed by atoms with Crippen LogP contribution in [0.5, 0.6) is 5.75 Å². The molecule has 1 aliphatic rings. The standard InChI is InChI=1S/C18H23NO4/c1-22-16-10-6-5-7-14(16)11-12-18(21)23-13-17(20)19-15-8-3-2-4-9-15/h5-7,10-12,15H,2-4,8-9,13H2,1H3,(H,19,20). The van der Waals surface area contributed by atoms with Crippen LogP contribution < -0.4 is 10.1 Å². The maximum absolute atomic E-state index is 11.8. The van der Waals surface area contributed by atoms with E-state index in [0.29, 0.717) is 5.75 Å². The third-order valence-corrected chi connectivity index (χ3v) is 3.85. The fourth-order valence-corrected chi connectivity index (χ4v) is 2.66. The lowest BCUT2D eigenvalue weighted by Crippen LogP contribution is -2.38. The average molecular weight is 317 g/mol. The Bertz CT molecular complexity index is 562. The van der Waals surface area contributed by atoms with E-state index in [-0.39, 0.29) is 18.6 Å². The van der Waals surface area contributed by atoms with E-state index < -0.39 is 5.97 Å². The predicted molar refractivity (Wildman–Crippen MR) is 88.0 cm³/mol. The lowest BCUT2D eigenvalue weighted by atomic mass is 9.95. The van der Waals surface area contributed by atoms with E-state index in [2.05, 4.69) is 5.32 Å². The van der Waals surface area contributed by atoms with Crippen molar-refractivity contribution < 1.29 is 19.1 Å². The third kappa shape index (κ3) is 5.77. The molecule has 1 aromatic rings. The van der Waals surface area contributed by atoms with Crippen LogP contribution in [0.1, 0.15) is 37.7 Å². The van der Waals surface area contributed by atoms with Crippen LogP contribution in [0.2, 0.25) is 0 Å². The predicted octanol–water partition coefficient (Wildman–Crippen LogP) is 2.70. The molecule has 0 atom stereocenters. The van der Waals surface area contributed by atoms with Crippen LogP contribution in [0.25, 0.3) is 6.08 Å². The SMILES string of the molecule is COc1ccccc1C=CC(=O)OCC(=O)NC1CCCCC1. The molecule has 23 heavy (non-hydrogen) atoms. The molecule has 1 amide bonds. The number of benzene rings is 1. The lowest BCUT2D eigenvalue weighted by molar-refractivity contribution is -0.144. The minimum Gasteiger partial charge on any atom is -0.496 e. The van der Waals surface area contributed by atoms with Crippen molar-refractivity contribution in [1.82, 2.24) is 5.32 Å². The van der Waals surface area contributed by atoms with Crippen molar-refractivity contribution in [1.29, 1.82) is 0 Å². The second kappa shape index (κ2) is 8.98. The minimum atomic E-state index is -0.547. The third-order valence-electron chi connectivity index (χ3n) is 3.85. The van der Waals surface area contributed by atoms with E-state index in [4.69, 9.17) is 9.47 Å². The van der Waals surface area contributed by atoms with Crippen molar-refractivity contribution in [2.75, 3.05) is 13.7 Å². The first-order valence-corrected chi connectivity index (χ1v) is 7.96. The molecule has 1 saturated carbocycles. The summed E-state index contributed by atoms with van der Waals surface area (Å²) in [4.78, 5) is 23.4. The first-order valence-electron chi connectivity index (χ1n) is 7.96. The number of nitrogens with one attached hydrogen (secondary N) is 1. The highest BCUT2D eigenvalue weighted by molar-refractivity contribution is 5.89. The Morgan fingerprint density at radius 1 is 1.22 bits per heavy atom. The van der Waals surface area contributed by atoms with E-state index in [1.54, 1.807) is 13.2 Å². The summed E-state index contributed by atoms with van der Waals surface area (Å²) in [5, 5.41) is 2.91. The quantitative estimate of drug-likeness (QED) is 0.647. The summed E-state index contributed by atoms with van der Waals surface area (Å²) in [6, 6.07) is 7.56. The van der Waals surface area contributed by atoms with Gasteiger partial charge in [-0.2, -0.15) is 0 Å². The Morgan fingerprint density at radius 3 is 2.70 bits per heavy atom. The van der Waals surface area contributed by atoms with Gasteiger partial charge < -0.3 is 14.8 Å². The average Bonchev–Trinajstić information content (AvgIpc) is 2.59. The van der Waals surface area contributed by atoms with Gasteiger partial charge in [0.25, 0.3) is 5.91 Å². The number of methoxy groups -OCH3 is 1. The Morgan fingerprint density at radius 2 is 1.96 bits per heavy atom. The molecule has 124 valence electrons. The molecule has 1 aromatic carbocycles. The summed E-state index contributed by atoms with van der Waals surface area (Å²) in [6.45, 7) is -0.244. The monoisotopic (exact) mass is 317 g/mol. The largest absolute Gasteiger partial charge is 0.496 e. The normalized spacial score (nSPS) is 15.3. The van der Waals surface area contributed by atoms with Crippen LogP contribution in [0.4, 0.5) is 0 Å². The van der Waals surface area contributed by atoms with E-state index in [1.165, 1.54) is 12.5 Å². The second-order valence-electron chi connectivity index (χ2n) is 5.59. The summed E-state index contributed by atoms with van der Waals surface area (Å²) < 4.78 is 10.2. The minimum absolute atomic E-state index is 0.221. The zero-order chi connectivity index (χ0) is 16.5. The molecular formula is C18H23NO4. The fraction of sp³-hybridized carbons (Fsp3) is 0.444. The molecule has 0 radical (unpaired) electrons. The van der Waals surface area contributed by atoms with Crippen molar-refractivity contribution in [2.45, 2.75) is 38.1 Å². The molecule has 0 saturated heterocycles. The number of hydrogen-bond acceptors (Lipinski definition) is 4. The van der Waals surface area contributed by atoms with Gasteiger partial charge in [0.05, 0.1) is 7.11 Å². The highest BCUT2D eigenvalue weighted by Gasteiger charge is 2.16. The molecule has 0 heterocycles. The van der Waals surface area contributed by atoms with Gasteiger partial charge in [0.1, 0.15) is 5.75 Å². The molecular weight excluding hydrogens is 294 g/mol. The number of carbonyl (C=O) groups excluding carboxylic acids is 2. The maximum Gasteiger partial charge on any atom is 0.331 e. The van der Waals surface area contributed by atoms with Crippen LogP contribution >= 0.6 is 0 Å². The van der Waals surface area contributed by atoms with Gasteiger partial charge in [-0.05, 0) is 25.0 Å². The number of rotatable bonds is 6. The van der Waals surface area contributed by atoms with Crippen molar-refractivity contribution in [3.05, 3.63) is 35.9 Å². The fourth-order valence-electron chi connectivity index (χ4n) is 2.66. The number of hydrogen-bond donors (Lipinski definition) is 1. The first kappa shape index (κ1) is 17.1. The molecule has 0 aliphatic heterocycles. The zero-order valence-corrected chi connectivity index (χ0v) is 13.4. The summed E-state index contributed by atoms with van der Waals surface area (Å²) in [5.74, 6) is -0.114. The second-order valence-corrected chi connectivity index (χ2v) is 5.59. The highest BCUT2D eigenvalue weighted by Crippen LogP contribution is 2.19. The molecule has 1 N–H and O–H groups in total. The molecule has 5 nitrogen and oxygen atoms in total. The topological polar surface area (TPSA) is 64.6 Å². The summed E-state index contributed by atoms with van der Waals surface area (Å²) >= 11 is 0. The van der Waals surface area contributed by atoms with Crippen molar-refractivity contribution in [3.8, 4) is 5.75 Å². The smallest absolute Gasteiger partial charge is 0.331 e. The molecule has 0 spiro atoms. The van der Waals surface area contributed by atoms with Crippen LogP contribution in [0.15, 0.2) is 30.3 Å². The van der Waals surface area contributed by atoms with Crippen LogP contribution in [0.3, 0.4) is 0 Å². The van der Waals surface area contributed by atoms with Crippen molar-refractivity contribution >= 4 is 18.0 Å². The Balaban J connectivity index is 1.75. The van der Waals surface area contributed by atoms with E-state index >= 15 is 0 Å². The summed E-state index contributed by atoms with van der Waals surface area (Å²) in [5.41, 5.74) is 0.776. The molecule has 0 unspecified atom stereocenters. The first-order chi connectivity index (χ1) is 11.2. The van der Waals surface area contributed by atoms with E-state index in [0.717, 1.165) is 31.2 Å². The molecule has 0 aromatic heterocycles. The van der Waals surface area contributed by atoms with E-state index in [1.807, 2.05) is 24.3 Å². The molecule has 1 fully saturated rings. The van der Waals surface area contributed by atoms with Gasteiger partial charge in [0, 0.05) is 17.7 Å². The van der Waals surface area contributed by atoms with Crippen molar-refractivity contribution in [2.24, 2.45) is 0 Å². The van der Waals surface area contributed by atoms with Gasteiger partial charge in [-0.15, -0.1) is 0 Å². The van der Waals surface area contributed by atoms with Gasteiger partial charge in [0.15, 0.2) is 6.61 Å². The molecule has 2 rings (SSSR count). The Labute approximate surface area is 136 Å². The lowest BCUT2D eigenvalue weighted by Gasteiger charge is -2.22. The van der Waals surface area contributed by atoms with Crippen molar-refractivity contribution in [3.63, 3.8) is 0 Å². The number of para-hydroxylation sites is 1. The number of ether oxygens (including phenoxy) is 2. The summed E-state index contributed by atoms with van der Waals surface area (Å²) in [7, 11) is 1.57. The Hall–Kier alpha value is -2.30. The molecule has 0 bridgehead atoms. The maximum atomic E-state index is 11.8. The zero-order valence-electron chi connectivity index (χ0n) is 13.4. The summed E-state index contributed by atoms with van der Waals surface area (Å²) in [6.07, 6.45) is 8.45. The van der Waals surface area contributed by atoms with Gasteiger partial charge in [-0.25, -0.2) is 4.79 Å². The van der Waals surface area contributed by atoms with E-state index in [9.17, 15) is 9.59 Å². The highest BCUT2D eigenvalue weighted by atomic mass is 16.5. The van der Waals surface area contributed by atoms with Gasteiger partial charge in [-0.1, -0.05) is 37.5 Å². The van der Waals surface area contributed by atoms with Crippen LogP contribution in [-0.2, 0) is 14.3 Å². The molecule has 1 aliphatic carbocycles. The molecule has 5 heteroatoms. The number of amides is 1. The van der Waals surface area contributed by atoms with Gasteiger partial charge in [-0.3, -0.25) is 4.79 Å². The van der Waals surface area contributed by atoms with Crippen LogP contribution in [0, 0.1) is 0 Å². The number of carbonyl (C=O) groups is 2. The number of esters is 1. The van der Waals surface area contributed by atoms with Gasteiger partial charge in [0.2, 0.25) is 0 Å². The Kier molecular flexibility index (Phi) is 6.66. The van der Waals surface area contributed by atoms with Gasteiger partial charge >= 0.3 is 5.97 Å². The van der Waals surface area contributed by atoms with Crippen LogP contribution in [-0.4, -0.2) is 31.6 Å².